The Bertz CT molecular complexity index is 892. The van der Waals surface area contributed by atoms with Crippen molar-refractivity contribution in [1.82, 2.24) is 0 Å². The molecule has 0 atom stereocenters. The molecule has 0 spiro atoms. The van der Waals surface area contributed by atoms with E-state index in [2.05, 4.69) is 5.32 Å². The van der Waals surface area contributed by atoms with Crippen LogP contribution in [0.1, 0.15) is 32.6 Å². The molecule has 0 aromatic heterocycles. The van der Waals surface area contributed by atoms with E-state index >= 15 is 0 Å². The number of hydrogen-bond donors (Lipinski definition) is 2. The van der Waals surface area contributed by atoms with Crippen LogP contribution in [0.5, 0.6) is 5.75 Å². The molecular formula is C20H22FN3O4. The number of anilines is 2. The number of carbonyl (C=O) groups excluding carboxylic acids is 3. The molecule has 0 saturated heterocycles. The van der Waals surface area contributed by atoms with Gasteiger partial charge in [-0.2, -0.15) is 0 Å². The largest absolute Gasteiger partial charge is 0.481 e. The van der Waals surface area contributed by atoms with Gasteiger partial charge in [0.2, 0.25) is 5.91 Å². The van der Waals surface area contributed by atoms with Crippen LogP contribution in [0.4, 0.5) is 15.8 Å². The second-order valence-electron chi connectivity index (χ2n) is 6.64. The van der Waals surface area contributed by atoms with Gasteiger partial charge in [0, 0.05) is 23.8 Å². The Labute approximate surface area is 162 Å². The lowest BCUT2D eigenvalue weighted by Crippen LogP contribution is -2.39. The number of nitrogens with two attached hydrogens (primary N) is 1. The zero-order valence-electron chi connectivity index (χ0n) is 15.6. The van der Waals surface area contributed by atoms with Gasteiger partial charge < -0.3 is 20.7 Å². The van der Waals surface area contributed by atoms with E-state index in [0.717, 1.165) is 18.9 Å². The van der Waals surface area contributed by atoms with E-state index in [4.69, 9.17) is 10.5 Å². The van der Waals surface area contributed by atoms with E-state index in [0.29, 0.717) is 25.1 Å². The molecule has 0 bridgehead atoms. The number of nitrogens with zero attached hydrogens (tertiary/aromatic N) is 1. The normalized spacial score (nSPS) is 16.8. The number of benzene rings is 1. The van der Waals surface area contributed by atoms with Crippen molar-refractivity contribution in [3.63, 3.8) is 0 Å². The first-order chi connectivity index (χ1) is 13.4. The number of carbonyl (C=O) groups is 3. The molecule has 28 heavy (non-hydrogen) atoms. The fraction of sp³-hybridized carbons (Fsp3) is 0.350. The Hall–Kier alpha value is -3.16. The Morgan fingerprint density at radius 2 is 2.00 bits per heavy atom. The Balaban J connectivity index is 1.93. The number of fused-ring (bicyclic) bond motifs is 1. The smallest absolute Gasteiger partial charge is 0.265 e. The van der Waals surface area contributed by atoms with Crippen molar-refractivity contribution in [2.45, 2.75) is 32.6 Å². The number of ether oxygens (including phenoxy) is 1. The van der Waals surface area contributed by atoms with E-state index < -0.39 is 17.6 Å². The second kappa shape index (κ2) is 8.24. The molecule has 8 heteroatoms. The van der Waals surface area contributed by atoms with E-state index in [-0.39, 0.29) is 35.1 Å². The van der Waals surface area contributed by atoms with Crippen molar-refractivity contribution < 1.29 is 23.5 Å². The number of halogens is 1. The fourth-order valence-electron chi connectivity index (χ4n) is 3.35. The Morgan fingerprint density at radius 1 is 1.29 bits per heavy atom. The standard InChI is InChI=1S/C20H22FN3O4/c1-2-3-8-24-16-10-15(14(21)9-17(16)28-11-18(24)25)23-20(27)13-7-5-4-6-12(13)19(22)26/h2-3,9-10H,4-8,11H2,1H3,(H2,22,26)(H,23,27)/b3-2+. The Kier molecular flexibility index (Phi) is 5.77. The molecule has 0 radical (unpaired) electrons. The highest BCUT2D eigenvalue weighted by Crippen LogP contribution is 2.37. The summed E-state index contributed by atoms with van der Waals surface area (Å²) in [6, 6.07) is 2.51. The summed E-state index contributed by atoms with van der Waals surface area (Å²) in [4.78, 5) is 37.9. The predicted molar refractivity (Wildman–Crippen MR) is 102 cm³/mol. The summed E-state index contributed by atoms with van der Waals surface area (Å²) in [5, 5.41) is 2.52. The minimum Gasteiger partial charge on any atom is -0.481 e. The van der Waals surface area contributed by atoms with Gasteiger partial charge >= 0.3 is 0 Å². The monoisotopic (exact) mass is 387 g/mol. The average molecular weight is 387 g/mol. The molecule has 148 valence electrons. The summed E-state index contributed by atoms with van der Waals surface area (Å²) in [6.07, 6.45) is 5.97. The highest BCUT2D eigenvalue weighted by atomic mass is 19.1. The number of allylic oxidation sites excluding steroid dienone is 1. The van der Waals surface area contributed by atoms with Gasteiger partial charge in [-0.3, -0.25) is 14.4 Å². The van der Waals surface area contributed by atoms with Gasteiger partial charge in [0.1, 0.15) is 5.75 Å². The third kappa shape index (κ3) is 3.90. The van der Waals surface area contributed by atoms with Gasteiger partial charge in [-0.15, -0.1) is 0 Å². The molecule has 3 N–H and O–H groups in total. The highest BCUT2D eigenvalue weighted by Gasteiger charge is 2.28. The minimum atomic E-state index is -0.690. The van der Waals surface area contributed by atoms with Gasteiger partial charge in [0.25, 0.3) is 11.8 Å². The van der Waals surface area contributed by atoms with Crippen LogP contribution in [0.25, 0.3) is 0 Å². The molecule has 1 aromatic carbocycles. The lowest BCUT2D eigenvalue weighted by molar-refractivity contribution is -0.121. The van der Waals surface area contributed by atoms with E-state index in [1.807, 2.05) is 6.92 Å². The predicted octanol–water partition coefficient (Wildman–Crippen LogP) is 2.42. The van der Waals surface area contributed by atoms with Crippen LogP contribution in [0, 0.1) is 5.82 Å². The number of nitrogens with one attached hydrogen (secondary N) is 1. The SMILES string of the molecule is C/C=C/CN1C(=O)COc2cc(F)c(NC(=O)C3=C(C(N)=O)CCCC3)cc21. The molecule has 0 unspecified atom stereocenters. The molecule has 0 saturated carbocycles. The molecule has 0 fully saturated rings. The van der Waals surface area contributed by atoms with Gasteiger partial charge in [-0.05, 0) is 38.7 Å². The van der Waals surface area contributed by atoms with Crippen LogP contribution in [-0.4, -0.2) is 30.9 Å². The van der Waals surface area contributed by atoms with Crippen LogP contribution in [0.2, 0.25) is 0 Å². The topological polar surface area (TPSA) is 102 Å². The van der Waals surface area contributed by atoms with E-state index in [1.54, 1.807) is 12.2 Å². The zero-order valence-corrected chi connectivity index (χ0v) is 15.6. The lowest BCUT2D eigenvalue weighted by Gasteiger charge is -2.29. The maximum Gasteiger partial charge on any atom is 0.265 e. The molecular weight excluding hydrogens is 365 g/mol. The molecule has 3 rings (SSSR count). The van der Waals surface area contributed by atoms with Crippen molar-refractivity contribution in [2.24, 2.45) is 5.73 Å². The molecule has 3 amide bonds. The molecule has 1 aromatic rings. The second-order valence-corrected chi connectivity index (χ2v) is 6.64. The number of hydrogen-bond acceptors (Lipinski definition) is 4. The first-order valence-corrected chi connectivity index (χ1v) is 9.13. The van der Waals surface area contributed by atoms with Gasteiger partial charge in [0.05, 0.1) is 11.4 Å². The highest BCUT2D eigenvalue weighted by molar-refractivity contribution is 6.10. The molecule has 2 aliphatic rings. The third-order valence-electron chi connectivity index (χ3n) is 4.80. The Morgan fingerprint density at radius 3 is 2.68 bits per heavy atom. The first kappa shape index (κ1) is 19.6. The molecule has 1 aliphatic carbocycles. The van der Waals surface area contributed by atoms with Crippen LogP contribution in [-0.2, 0) is 14.4 Å². The molecule has 1 heterocycles. The fourth-order valence-corrected chi connectivity index (χ4v) is 3.35. The van der Waals surface area contributed by atoms with Gasteiger partial charge in [0.15, 0.2) is 12.4 Å². The van der Waals surface area contributed by atoms with Crippen LogP contribution >= 0.6 is 0 Å². The summed E-state index contributed by atoms with van der Waals surface area (Å²) in [5.74, 6) is -1.91. The number of amides is 3. The lowest BCUT2D eigenvalue weighted by atomic mass is 9.90. The number of primary amides is 1. The summed E-state index contributed by atoms with van der Waals surface area (Å²) in [5.41, 5.74) is 6.23. The van der Waals surface area contributed by atoms with Crippen molar-refractivity contribution in [3.05, 3.63) is 41.2 Å². The average Bonchev–Trinajstić information content (AvgIpc) is 2.68. The summed E-state index contributed by atoms with van der Waals surface area (Å²) in [7, 11) is 0. The third-order valence-corrected chi connectivity index (χ3v) is 4.80. The summed E-state index contributed by atoms with van der Waals surface area (Å²) < 4.78 is 19.8. The summed E-state index contributed by atoms with van der Waals surface area (Å²) >= 11 is 0. The van der Waals surface area contributed by atoms with Crippen molar-refractivity contribution in [3.8, 4) is 5.75 Å². The maximum atomic E-state index is 14.5. The van der Waals surface area contributed by atoms with Crippen molar-refractivity contribution in [2.75, 3.05) is 23.4 Å². The quantitative estimate of drug-likeness (QED) is 0.758. The zero-order chi connectivity index (χ0) is 20.3. The van der Waals surface area contributed by atoms with Gasteiger partial charge in [-0.1, -0.05) is 12.2 Å². The van der Waals surface area contributed by atoms with Crippen LogP contribution in [0.15, 0.2) is 35.4 Å². The molecule has 1 aliphatic heterocycles. The summed E-state index contributed by atoms with van der Waals surface area (Å²) in [6.45, 7) is 1.96. The minimum absolute atomic E-state index is 0.0885. The first-order valence-electron chi connectivity index (χ1n) is 9.13. The van der Waals surface area contributed by atoms with Crippen molar-refractivity contribution in [1.29, 1.82) is 0 Å². The molecule has 7 nitrogen and oxygen atoms in total. The number of rotatable bonds is 5. The van der Waals surface area contributed by atoms with Crippen molar-refractivity contribution >= 4 is 29.1 Å². The van der Waals surface area contributed by atoms with Gasteiger partial charge in [-0.25, -0.2) is 4.39 Å². The maximum absolute atomic E-state index is 14.5. The van der Waals surface area contributed by atoms with Crippen LogP contribution < -0.4 is 20.7 Å². The van der Waals surface area contributed by atoms with Crippen LogP contribution in [0.3, 0.4) is 0 Å². The van der Waals surface area contributed by atoms with E-state index in [1.165, 1.54) is 11.0 Å². The van der Waals surface area contributed by atoms with E-state index in [9.17, 15) is 18.8 Å².